The quantitative estimate of drug-likeness (QED) is 0.680. The number of para-hydroxylation sites is 1. The number of hydrogen-bond donors (Lipinski definition) is 0. The molecule has 0 unspecified atom stereocenters. The van der Waals surface area contributed by atoms with Crippen molar-refractivity contribution in [2.45, 2.75) is 6.42 Å². The highest BCUT2D eigenvalue weighted by Gasteiger charge is 2.15. The molecule has 1 aromatic carbocycles. The summed E-state index contributed by atoms with van der Waals surface area (Å²) >= 11 is 1.35. The maximum Gasteiger partial charge on any atom is 0.345 e. The van der Waals surface area contributed by atoms with E-state index in [4.69, 9.17) is 9.15 Å². The summed E-state index contributed by atoms with van der Waals surface area (Å²) in [6.07, 6.45) is 0.213. The minimum absolute atomic E-state index is 0.0359. The molecule has 0 saturated carbocycles. The minimum atomic E-state index is -0.484. The summed E-state index contributed by atoms with van der Waals surface area (Å²) < 4.78 is 10.6. The van der Waals surface area contributed by atoms with Crippen LogP contribution in [0.4, 0.5) is 0 Å². The van der Waals surface area contributed by atoms with Gasteiger partial charge in [0.25, 0.3) is 0 Å². The molecule has 0 aliphatic rings. The molecule has 0 aliphatic carbocycles. The fraction of sp³-hybridized carbons (Fsp3) is 0.235. The van der Waals surface area contributed by atoms with Gasteiger partial charge in [-0.3, -0.25) is 4.79 Å². The molecule has 0 radical (unpaired) electrons. The monoisotopic (exact) mass is 344 g/mol. The van der Waals surface area contributed by atoms with Gasteiger partial charge in [-0.15, -0.1) is 11.3 Å². The second kappa shape index (κ2) is 6.45. The zero-order valence-electron chi connectivity index (χ0n) is 13.5. The summed E-state index contributed by atoms with van der Waals surface area (Å²) in [5.41, 5.74) is 0.811. The molecular formula is C17H16N2O4S. The molecule has 7 heteroatoms. The van der Waals surface area contributed by atoms with E-state index in [-0.39, 0.29) is 12.3 Å². The highest BCUT2D eigenvalue weighted by molar-refractivity contribution is 7.10. The molecule has 0 saturated heterocycles. The summed E-state index contributed by atoms with van der Waals surface area (Å²) in [7, 11) is 4.92. The smallest absolute Gasteiger partial charge is 0.345 e. The van der Waals surface area contributed by atoms with Crippen LogP contribution in [0.5, 0.6) is 5.75 Å². The van der Waals surface area contributed by atoms with Crippen LogP contribution in [0.3, 0.4) is 0 Å². The average molecular weight is 344 g/mol. The Bertz CT molecular complexity index is 959. The van der Waals surface area contributed by atoms with Gasteiger partial charge in [0.05, 0.1) is 24.8 Å². The van der Waals surface area contributed by atoms with E-state index < -0.39 is 5.63 Å². The first kappa shape index (κ1) is 16.2. The van der Waals surface area contributed by atoms with Crippen LogP contribution in [0.25, 0.3) is 22.2 Å². The lowest BCUT2D eigenvalue weighted by Crippen LogP contribution is -2.23. The number of amides is 1. The van der Waals surface area contributed by atoms with E-state index in [1.807, 2.05) is 12.1 Å². The molecule has 1 amide bonds. The Hall–Kier alpha value is -2.67. The molecule has 0 aliphatic heterocycles. The normalized spacial score (nSPS) is 10.8. The molecule has 6 nitrogen and oxygen atoms in total. The first-order chi connectivity index (χ1) is 11.5. The highest BCUT2D eigenvalue weighted by Crippen LogP contribution is 2.28. The number of carbonyl (C=O) groups is 1. The molecule has 0 N–H and O–H groups in total. The lowest BCUT2D eigenvalue weighted by molar-refractivity contribution is -0.127. The van der Waals surface area contributed by atoms with Gasteiger partial charge in [0.1, 0.15) is 5.01 Å². The third-order valence-corrected chi connectivity index (χ3v) is 4.42. The fourth-order valence-corrected chi connectivity index (χ4v) is 3.05. The van der Waals surface area contributed by atoms with Crippen molar-refractivity contribution in [3.63, 3.8) is 0 Å². The van der Waals surface area contributed by atoms with Crippen molar-refractivity contribution in [1.29, 1.82) is 0 Å². The number of rotatable bonds is 4. The molecule has 2 aromatic heterocycles. The van der Waals surface area contributed by atoms with Crippen LogP contribution < -0.4 is 10.4 Å². The number of benzene rings is 1. The van der Waals surface area contributed by atoms with E-state index in [0.29, 0.717) is 27.6 Å². The van der Waals surface area contributed by atoms with E-state index >= 15 is 0 Å². The van der Waals surface area contributed by atoms with Crippen molar-refractivity contribution in [3.05, 3.63) is 45.1 Å². The number of ether oxygens (including phenoxy) is 1. The third kappa shape index (κ3) is 3.03. The average Bonchev–Trinajstić information content (AvgIpc) is 3.01. The largest absolute Gasteiger partial charge is 0.493 e. The Morgan fingerprint density at radius 1 is 1.38 bits per heavy atom. The number of hydrogen-bond acceptors (Lipinski definition) is 6. The van der Waals surface area contributed by atoms with Crippen molar-refractivity contribution in [2.24, 2.45) is 0 Å². The number of likely N-dealkylation sites (N-methyl/N-ethyl adjacent to an activating group) is 1. The van der Waals surface area contributed by atoms with Gasteiger partial charge in [0.15, 0.2) is 11.3 Å². The fourth-order valence-electron chi connectivity index (χ4n) is 2.26. The van der Waals surface area contributed by atoms with Crippen LogP contribution in [0.1, 0.15) is 5.01 Å². The number of fused-ring (bicyclic) bond motifs is 1. The first-order valence-corrected chi connectivity index (χ1v) is 8.13. The van der Waals surface area contributed by atoms with Gasteiger partial charge in [-0.05, 0) is 12.1 Å². The summed E-state index contributed by atoms with van der Waals surface area (Å²) in [6, 6.07) is 7.13. The Morgan fingerprint density at radius 2 is 2.17 bits per heavy atom. The zero-order chi connectivity index (χ0) is 17.3. The molecule has 3 rings (SSSR count). The Balaban J connectivity index is 2.01. The second-order valence-corrected chi connectivity index (χ2v) is 6.36. The van der Waals surface area contributed by atoms with Gasteiger partial charge in [-0.2, -0.15) is 0 Å². The van der Waals surface area contributed by atoms with E-state index in [1.54, 1.807) is 31.6 Å². The van der Waals surface area contributed by atoms with E-state index in [0.717, 1.165) is 5.39 Å². The maximum absolute atomic E-state index is 12.3. The van der Waals surface area contributed by atoms with Gasteiger partial charge >= 0.3 is 5.63 Å². The summed E-state index contributed by atoms with van der Waals surface area (Å²) in [5, 5.41) is 3.17. The molecule has 0 atom stereocenters. The minimum Gasteiger partial charge on any atom is -0.493 e. The van der Waals surface area contributed by atoms with Crippen molar-refractivity contribution in [3.8, 4) is 17.0 Å². The number of carbonyl (C=O) groups excluding carboxylic acids is 1. The Morgan fingerprint density at radius 3 is 2.88 bits per heavy atom. The van der Waals surface area contributed by atoms with Crippen LogP contribution in [0.15, 0.2) is 38.9 Å². The van der Waals surface area contributed by atoms with Gasteiger partial charge in [0.2, 0.25) is 5.91 Å². The van der Waals surface area contributed by atoms with Crippen LogP contribution in [-0.2, 0) is 11.2 Å². The topological polar surface area (TPSA) is 72.6 Å². The van der Waals surface area contributed by atoms with E-state index in [1.165, 1.54) is 23.3 Å². The maximum atomic E-state index is 12.3. The molecule has 0 bridgehead atoms. The van der Waals surface area contributed by atoms with E-state index in [9.17, 15) is 9.59 Å². The van der Waals surface area contributed by atoms with Crippen molar-refractivity contribution in [1.82, 2.24) is 9.88 Å². The third-order valence-electron chi connectivity index (χ3n) is 3.57. The predicted octanol–water partition coefficient (Wildman–Crippen LogP) is 2.56. The lowest BCUT2D eigenvalue weighted by Gasteiger charge is -2.07. The molecule has 24 heavy (non-hydrogen) atoms. The first-order valence-electron chi connectivity index (χ1n) is 7.25. The second-order valence-electron chi connectivity index (χ2n) is 5.42. The van der Waals surface area contributed by atoms with Crippen LogP contribution in [-0.4, -0.2) is 37.0 Å². The number of nitrogens with zero attached hydrogens (tertiary/aromatic N) is 2. The summed E-state index contributed by atoms with van der Waals surface area (Å²) in [5.74, 6) is 0.470. The molecule has 0 spiro atoms. The molecule has 3 aromatic rings. The predicted molar refractivity (Wildman–Crippen MR) is 92.5 cm³/mol. The van der Waals surface area contributed by atoms with Gasteiger partial charge in [0, 0.05) is 24.9 Å². The lowest BCUT2D eigenvalue weighted by atomic mass is 10.1. The van der Waals surface area contributed by atoms with Gasteiger partial charge in [-0.1, -0.05) is 12.1 Å². The summed E-state index contributed by atoms with van der Waals surface area (Å²) in [4.78, 5) is 30.0. The van der Waals surface area contributed by atoms with Gasteiger partial charge in [-0.25, -0.2) is 9.78 Å². The molecule has 124 valence electrons. The molecule has 2 heterocycles. The molecular weight excluding hydrogens is 328 g/mol. The van der Waals surface area contributed by atoms with Gasteiger partial charge < -0.3 is 14.1 Å². The summed E-state index contributed by atoms with van der Waals surface area (Å²) in [6.45, 7) is 0. The van der Waals surface area contributed by atoms with Crippen LogP contribution in [0, 0.1) is 0 Å². The van der Waals surface area contributed by atoms with E-state index in [2.05, 4.69) is 4.98 Å². The van der Waals surface area contributed by atoms with Crippen LogP contribution in [0.2, 0.25) is 0 Å². The van der Waals surface area contributed by atoms with Crippen molar-refractivity contribution in [2.75, 3.05) is 21.2 Å². The number of aromatic nitrogens is 1. The number of methoxy groups -OCH3 is 1. The Labute approximate surface area is 142 Å². The molecule has 0 fully saturated rings. The van der Waals surface area contributed by atoms with Crippen molar-refractivity contribution < 1.29 is 13.9 Å². The van der Waals surface area contributed by atoms with Crippen molar-refractivity contribution >= 4 is 28.2 Å². The SMILES string of the molecule is COc1cccc2cc(-c3csc(CC(=O)N(C)C)n3)c(=O)oc12. The van der Waals surface area contributed by atoms with Crippen LogP contribution >= 0.6 is 11.3 Å². The standard InChI is InChI=1S/C17H16N2O4S/c1-19(2)15(20)8-14-18-12(9-24-14)11-7-10-5-4-6-13(22-3)16(10)23-17(11)21/h4-7,9H,8H2,1-3H3. The Kier molecular flexibility index (Phi) is 4.35. The highest BCUT2D eigenvalue weighted by atomic mass is 32.1. The number of thiazole rings is 1. The zero-order valence-corrected chi connectivity index (χ0v) is 14.3.